The van der Waals surface area contributed by atoms with Crippen molar-refractivity contribution in [3.63, 3.8) is 0 Å². The molecule has 2 heterocycles. The van der Waals surface area contributed by atoms with Crippen molar-refractivity contribution in [3.05, 3.63) is 62.0 Å². The highest BCUT2D eigenvalue weighted by atomic mass is 127. The third kappa shape index (κ3) is 5.32. The quantitative estimate of drug-likeness (QED) is 0.420. The summed E-state index contributed by atoms with van der Waals surface area (Å²) in [6.45, 7) is 2.02. The molecule has 1 aliphatic heterocycles. The minimum absolute atomic E-state index is 0.0417. The monoisotopic (exact) mass is 556 g/mol. The zero-order valence-electron chi connectivity index (χ0n) is 15.9. The number of carbonyl (C=O) groups is 1. The molecule has 1 amide bonds. The van der Waals surface area contributed by atoms with Gasteiger partial charge in [-0.2, -0.15) is 4.98 Å². The van der Waals surface area contributed by atoms with Crippen LogP contribution in [0.1, 0.15) is 18.7 Å². The number of nitrogens with zero attached hydrogens (tertiary/aromatic N) is 3. The lowest BCUT2D eigenvalue weighted by Gasteiger charge is -2.30. The molecular formula is C21H19Cl2IN4O2. The summed E-state index contributed by atoms with van der Waals surface area (Å²) in [6.07, 6.45) is 1.80. The van der Waals surface area contributed by atoms with E-state index in [-0.39, 0.29) is 11.8 Å². The van der Waals surface area contributed by atoms with Crippen molar-refractivity contribution in [2.24, 2.45) is 5.92 Å². The van der Waals surface area contributed by atoms with Gasteiger partial charge in [0.2, 0.25) is 17.6 Å². The van der Waals surface area contributed by atoms with Crippen molar-refractivity contribution < 1.29 is 9.32 Å². The lowest BCUT2D eigenvalue weighted by atomic mass is 9.97. The number of nitrogens with one attached hydrogen (secondary N) is 1. The number of hydrogen-bond acceptors (Lipinski definition) is 5. The molecule has 0 radical (unpaired) electrons. The molecular weight excluding hydrogens is 538 g/mol. The van der Waals surface area contributed by atoms with Gasteiger partial charge < -0.3 is 9.84 Å². The number of halogens is 3. The first-order valence-electron chi connectivity index (χ1n) is 9.55. The van der Waals surface area contributed by atoms with Gasteiger partial charge >= 0.3 is 0 Å². The number of benzene rings is 2. The molecule has 0 bridgehead atoms. The fourth-order valence-electron chi connectivity index (χ4n) is 3.48. The fourth-order valence-corrected chi connectivity index (χ4v) is 4.33. The first kappa shape index (κ1) is 21.5. The van der Waals surface area contributed by atoms with Crippen LogP contribution in [0, 0.1) is 9.49 Å². The van der Waals surface area contributed by atoms with Crippen molar-refractivity contribution in [1.82, 2.24) is 15.0 Å². The molecule has 0 aliphatic carbocycles. The maximum Gasteiger partial charge on any atom is 0.241 e. The van der Waals surface area contributed by atoms with Crippen molar-refractivity contribution in [2.45, 2.75) is 19.4 Å². The third-order valence-corrected chi connectivity index (χ3v) is 6.25. The standard InChI is InChI=1S/C21H19Cl2IN4O2/c22-14-3-8-17(18(23)10-14)20-26-19(30-27-20)12-28-9-1-2-13(11-28)21(29)25-16-6-4-15(24)5-7-16/h3-8,10,13H,1-2,9,11-12H2,(H,25,29). The second-order valence-electron chi connectivity index (χ2n) is 7.21. The minimum Gasteiger partial charge on any atom is -0.338 e. The Balaban J connectivity index is 1.37. The van der Waals surface area contributed by atoms with Gasteiger partial charge in [-0.25, -0.2) is 0 Å². The number of carbonyl (C=O) groups excluding carboxylic acids is 1. The number of aromatic nitrogens is 2. The predicted molar refractivity (Wildman–Crippen MR) is 126 cm³/mol. The van der Waals surface area contributed by atoms with E-state index in [4.69, 9.17) is 27.7 Å². The van der Waals surface area contributed by atoms with Gasteiger partial charge in [0.05, 0.1) is 17.5 Å². The SMILES string of the molecule is O=C(Nc1ccc(I)cc1)C1CCCN(Cc2nc(-c3ccc(Cl)cc3Cl)no2)C1. The van der Waals surface area contributed by atoms with Crippen LogP contribution >= 0.6 is 45.8 Å². The van der Waals surface area contributed by atoms with Gasteiger partial charge in [-0.3, -0.25) is 9.69 Å². The molecule has 3 aromatic rings. The van der Waals surface area contributed by atoms with Crippen LogP contribution in [0.5, 0.6) is 0 Å². The average Bonchev–Trinajstić information content (AvgIpc) is 3.18. The van der Waals surface area contributed by atoms with E-state index >= 15 is 0 Å². The maximum absolute atomic E-state index is 12.7. The lowest BCUT2D eigenvalue weighted by molar-refractivity contribution is -0.121. The van der Waals surface area contributed by atoms with Crippen molar-refractivity contribution >= 4 is 57.4 Å². The molecule has 0 saturated carbocycles. The van der Waals surface area contributed by atoms with E-state index in [1.54, 1.807) is 18.2 Å². The maximum atomic E-state index is 12.7. The van der Waals surface area contributed by atoms with E-state index in [0.29, 0.717) is 40.4 Å². The molecule has 1 fully saturated rings. The van der Waals surface area contributed by atoms with Crippen LogP contribution in [0.2, 0.25) is 10.0 Å². The highest BCUT2D eigenvalue weighted by molar-refractivity contribution is 14.1. The Hall–Kier alpha value is -1.68. The van der Waals surface area contributed by atoms with Crippen molar-refractivity contribution in [2.75, 3.05) is 18.4 Å². The molecule has 156 valence electrons. The van der Waals surface area contributed by atoms with Crippen LogP contribution in [-0.2, 0) is 11.3 Å². The molecule has 1 unspecified atom stereocenters. The molecule has 1 aromatic heterocycles. The summed E-state index contributed by atoms with van der Waals surface area (Å²) in [5.74, 6) is 0.887. The molecule has 1 atom stereocenters. The van der Waals surface area contributed by atoms with Crippen LogP contribution in [0.4, 0.5) is 5.69 Å². The molecule has 4 rings (SSSR count). The second kappa shape index (κ2) is 9.64. The predicted octanol–water partition coefficient (Wildman–Crippen LogP) is 5.50. The number of hydrogen-bond donors (Lipinski definition) is 1. The average molecular weight is 557 g/mol. The summed E-state index contributed by atoms with van der Waals surface area (Å²) >= 11 is 14.4. The summed E-state index contributed by atoms with van der Waals surface area (Å²) in [7, 11) is 0. The van der Waals surface area contributed by atoms with Crippen molar-refractivity contribution in [1.29, 1.82) is 0 Å². The van der Waals surface area contributed by atoms with Gasteiger partial charge in [-0.15, -0.1) is 0 Å². The summed E-state index contributed by atoms with van der Waals surface area (Å²) in [5.41, 5.74) is 1.49. The Morgan fingerprint density at radius 1 is 1.23 bits per heavy atom. The number of amides is 1. The topological polar surface area (TPSA) is 71.3 Å². The minimum atomic E-state index is -0.0777. The van der Waals surface area contributed by atoms with E-state index in [0.717, 1.165) is 28.6 Å². The molecule has 0 spiro atoms. The molecule has 1 N–H and O–H groups in total. The summed E-state index contributed by atoms with van der Waals surface area (Å²) < 4.78 is 6.55. The summed E-state index contributed by atoms with van der Waals surface area (Å²) in [6, 6.07) is 12.9. The van der Waals surface area contributed by atoms with Crippen LogP contribution in [0.25, 0.3) is 11.4 Å². The second-order valence-corrected chi connectivity index (χ2v) is 9.30. The number of anilines is 1. The van der Waals surface area contributed by atoms with Crippen LogP contribution < -0.4 is 5.32 Å². The Labute approximate surface area is 198 Å². The molecule has 9 heteroatoms. The van der Waals surface area contributed by atoms with Crippen LogP contribution in [0.15, 0.2) is 47.0 Å². The normalized spacial score (nSPS) is 17.1. The summed E-state index contributed by atoms with van der Waals surface area (Å²) in [5, 5.41) is 8.08. The Kier molecular flexibility index (Phi) is 6.92. The number of rotatable bonds is 5. The van der Waals surface area contributed by atoms with E-state index in [2.05, 4.69) is 42.9 Å². The molecule has 1 aliphatic rings. The number of piperidine rings is 1. The molecule has 6 nitrogen and oxygen atoms in total. The smallest absolute Gasteiger partial charge is 0.241 e. The third-order valence-electron chi connectivity index (χ3n) is 4.99. The molecule has 2 aromatic carbocycles. The number of likely N-dealkylation sites (tertiary alicyclic amines) is 1. The summed E-state index contributed by atoms with van der Waals surface area (Å²) in [4.78, 5) is 19.3. The zero-order valence-corrected chi connectivity index (χ0v) is 19.6. The van der Waals surface area contributed by atoms with Crippen molar-refractivity contribution in [3.8, 4) is 11.4 Å². The van der Waals surface area contributed by atoms with Gasteiger partial charge in [0, 0.05) is 26.4 Å². The van der Waals surface area contributed by atoms with E-state index < -0.39 is 0 Å². The Morgan fingerprint density at radius 3 is 2.80 bits per heavy atom. The van der Waals surface area contributed by atoms with Gasteiger partial charge in [0.25, 0.3) is 0 Å². The van der Waals surface area contributed by atoms with E-state index in [9.17, 15) is 4.79 Å². The first-order chi connectivity index (χ1) is 14.5. The van der Waals surface area contributed by atoms with Gasteiger partial charge in [-0.05, 0) is 84.4 Å². The van der Waals surface area contributed by atoms with E-state index in [1.807, 2.05) is 24.3 Å². The van der Waals surface area contributed by atoms with Gasteiger partial charge in [0.1, 0.15) is 0 Å². The largest absolute Gasteiger partial charge is 0.338 e. The van der Waals surface area contributed by atoms with Gasteiger partial charge in [-0.1, -0.05) is 28.4 Å². The Bertz CT molecular complexity index is 1040. The highest BCUT2D eigenvalue weighted by Crippen LogP contribution is 2.29. The fraction of sp³-hybridized carbons (Fsp3) is 0.286. The highest BCUT2D eigenvalue weighted by Gasteiger charge is 2.27. The lowest BCUT2D eigenvalue weighted by Crippen LogP contribution is -2.40. The first-order valence-corrected chi connectivity index (χ1v) is 11.4. The van der Waals surface area contributed by atoms with Crippen LogP contribution in [0.3, 0.4) is 0 Å². The molecule has 1 saturated heterocycles. The molecule has 30 heavy (non-hydrogen) atoms. The van der Waals surface area contributed by atoms with Crippen LogP contribution in [-0.4, -0.2) is 34.0 Å². The van der Waals surface area contributed by atoms with E-state index in [1.165, 1.54) is 0 Å². The zero-order chi connectivity index (χ0) is 21.1. The van der Waals surface area contributed by atoms with Gasteiger partial charge in [0.15, 0.2) is 0 Å². The Morgan fingerprint density at radius 2 is 2.03 bits per heavy atom.